The van der Waals surface area contributed by atoms with Crippen molar-refractivity contribution >= 4 is 0 Å². The second kappa shape index (κ2) is 4.35. The van der Waals surface area contributed by atoms with E-state index in [2.05, 4.69) is 4.98 Å². The largest absolute Gasteiger partial charge is 0.388 e. The molecule has 3 N–H and O–H groups in total. The molecule has 72 valence electrons. The summed E-state index contributed by atoms with van der Waals surface area (Å²) in [5.41, 5.74) is 7.37. The number of aliphatic hydroxyl groups excluding tert-OH is 1. The first-order valence-electron chi connectivity index (χ1n) is 4.46. The average molecular weight is 180 g/mol. The van der Waals surface area contributed by atoms with Gasteiger partial charge in [0.05, 0.1) is 6.10 Å². The zero-order chi connectivity index (χ0) is 9.84. The Labute approximate surface area is 78.6 Å². The van der Waals surface area contributed by atoms with Crippen molar-refractivity contribution in [2.24, 2.45) is 5.73 Å². The fourth-order valence-corrected chi connectivity index (χ4v) is 1.16. The maximum absolute atomic E-state index is 9.66. The van der Waals surface area contributed by atoms with E-state index in [4.69, 9.17) is 5.73 Å². The third-order valence-electron chi connectivity index (χ3n) is 1.91. The van der Waals surface area contributed by atoms with Gasteiger partial charge < -0.3 is 10.8 Å². The molecule has 0 spiro atoms. The highest BCUT2D eigenvalue weighted by molar-refractivity contribution is 5.15. The van der Waals surface area contributed by atoms with Gasteiger partial charge in [0, 0.05) is 17.9 Å². The molecule has 0 aliphatic heterocycles. The molecule has 1 rings (SSSR count). The number of pyridine rings is 1. The Hall–Kier alpha value is -0.930. The second-order valence-electron chi connectivity index (χ2n) is 3.46. The maximum atomic E-state index is 9.66. The lowest BCUT2D eigenvalue weighted by Crippen LogP contribution is -2.18. The van der Waals surface area contributed by atoms with E-state index in [0.29, 0.717) is 6.42 Å². The topological polar surface area (TPSA) is 59.1 Å². The van der Waals surface area contributed by atoms with E-state index >= 15 is 0 Å². The number of hydrogen-bond donors (Lipinski definition) is 2. The standard InChI is InChI=1S/C10H16N2O/c1-7(11)5-10(13)9-4-3-8(2)12-6-9/h3-4,6-7,10,13H,5,11H2,1-2H3. The summed E-state index contributed by atoms with van der Waals surface area (Å²) >= 11 is 0. The summed E-state index contributed by atoms with van der Waals surface area (Å²) in [6.45, 7) is 3.80. The molecule has 1 aromatic rings. The van der Waals surface area contributed by atoms with E-state index in [1.54, 1.807) is 6.20 Å². The van der Waals surface area contributed by atoms with Crippen LogP contribution in [0.3, 0.4) is 0 Å². The highest BCUT2D eigenvalue weighted by atomic mass is 16.3. The van der Waals surface area contributed by atoms with Gasteiger partial charge in [-0.05, 0) is 31.9 Å². The van der Waals surface area contributed by atoms with Gasteiger partial charge >= 0.3 is 0 Å². The van der Waals surface area contributed by atoms with Crippen LogP contribution in [0.2, 0.25) is 0 Å². The smallest absolute Gasteiger partial charge is 0.0819 e. The van der Waals surface area contributed by atoms with Crippen molar-refractivity contribution in [1.29, 1.82) is 0 Å². The highest BCUT2D eigenvalue weighted by Gasteiger charge is 2.09. The summed E-state index contributed by atoms with van der Waals surface area (Å²) in [5.74, 6) is 0. The van der Waals surface area contributed by atoms with Gasteiger partial charge in [0.15, 0.2) is 0 Å². The lowest BCUT2D eigenvalue weighted by atomic mass is 10.1. The minimum absolute atomic E-state index is 0.0105. The van der Waals surface area contributed by atoms with E-state index < -0.39 is 6.10 Å². The maximum Gasteiger partial charge on any atom is 0.0819 e. The van der Waals surface area contributed by atoms with E-state index in [1.165, 1.54) is 0 Å². The molecule has 0 saturated heterocycles. The third kappa shape index (κ3) is 3.13. The zero-order valence-electron chi connectivity index (χ0n) is 8.07. The van der Waals surface area contributed by atoms with E-state index in [-0.39, 0.29) is 6.04 Å². The molecule has 1 heterocycles. The third-order valence-corrected chi connectivity index (χ3v) is 1.91. The SMILES string of the molecule is Cc1ccc(C(O)CC(C)N)cn1. The zero-order valence-corrected chi connectivity index (χ0v) is 8.07. The fourth-order valence-electron chi connectivity index (χ4n) is 1.16. The number of aromatic nitrogens is 1. The van der Waals surface area contributed by atoms with Gasteiger partial charge in [0.25, 0.3) is 0 Å². The molecular formula is C10H16N2O. The summed E-state index contributed by atoms with van der Waals surface area (Å²) in [6, 6.07) is 3.78. The molecule has 0 aliphatic carbocycles. The molecule has 3 nitrogen and oxygen atoms in total. The predicted octanol–water partition coefficient (Wildman–Crippen LogP) is 1.16. The monoisotopic (exact) mass is 180 g/mol. The van der Waals surface area contributed by atoms with E-state index in [9.17, 15) is 5.11 Å². The van der Waals surface area contributed by atoms with Gasteiger partial charge in [-0.3, -0.25) is 4.98 Å². The van der Waals surface area contributed by atoms with Crippen molar-refractivity contribution in [3.05, 3.63) is 29.6 Å². The number of hydrogen-bond acceptors (Lipinski definition) is 3. The minimum atomic E-state index is -0.493. The number of nitrogens with zero attached hydrogens (tertiary/aromatic N) is 1. The summed E-state index contributed by atoms with van der Waals surface area (Å²) < 4.78 is 0. The Bertz CT molecular complexity index is 256. The molecule has 0 fully saturated rings. The van der Waals surface area contributed by atoms with Crippen molar-refractivity contribution < 1.29 is 5.11 Å². The van der Waals surface area contributed by atoms with Crippen molar-refractivity contribution in [1.82, 2.24) is 4.98 Å². The Kier molecular flexibility index (Phi) is 3.39. The molecule has 0 amide bonds. The van der Waals surface area contributed by atoms with Crippen molar-refractivity contribution in [2.45, 2.75) is 32.4 Å². The lowest BCUT2D eigenvalue weighted by Gasteiger charge is -2.12. The van der Waals surface area contributed by atoms with Crippen LogP contribution in [0.4, 0.5) is 0 Å². The molecule has 2 atom stereocenters. The average Bonchev–Trinajstić information content (AvgIpc) is 2.04. The Morgan fingerprint density at radius 2 is 2.23 bits per heavy atom. The normalized spacial score (nSPS) is 15.4. The van der Waals surface area contributed by atoms with Crippen LogP contribution in [0, 0.1) is 6.92 Å². The molecule has 1 aromatic heterocycles. The van der Waals surface area contributed by atoms with Crippen LogP contribution >= 0.6 is 0 Å². The van der Waals surface area contributed by atoms with Crippen molar-refractivity contribution in [2.75, 3.05) is 0 Å². The number of aryl methyl sites for hydroxylation is 1. The first-order valence-corrected chi connectivity index (χ1v) is 4.46. The molecule has 0 saturated carbocycles. The summed E-state index contributed by atoms with van der Waals surface area (Å²) in [7, 11) is 0. The lowest BCUT2D eigenvalue weighted by molar-refractivity contribution is 0.160. The van der Waals surface area contributed by atoms with Crippen LogP contribution in [0.15, 0.2) is 18.3 Å². The Balaban J connectivity index is 2.66. The molecular weight excluding hydrogens is 164 g/mol. The van der Waals surface area contributed by atoms with Crippen LogP contribution < -0.4 is 5.73 Å². The minimum Gasteiger partial charge on any atom is -0.388 e. The van der Waals surface area contributed by atoms with Crippen LogP contribution in [-0.2, 0) is 0 Å². The molecule has 2 unspecified atom stereocenters. The van der Waals surface area contributed by atoms with Gasteiger partial charge in [0.2, 0.25) is 0 Å². The molecule has 0 bridgehead atoms. The molecule has 0 radical (unpaired) electrons. The van der Waals surface area contributed by atoms with Crippen molar-refractivity contribution in [3.8, 4) is 0 Å². The first-order chi connectivity index (χ1) is 6.09. The number of aliphatic hydroxyl groups is 1. The first kappa shape index (κ1) is 10.2. The molecule has 0 aliphatic rings. The summed E-state index contributed by atoms with van der Waals surface area (Å²) in [6.07, 6.45) is 1.78. The van der Waals surface area contributed by atoms with Crippen LogP contribution in [-0.4, -0.2) is 16.1 Å². The van der Waals surface area contributed by atoms with Gasteiger partial charge in [0.1, 0.15) is 0 Å². The van der Waals surface area contributed by atoms with Crippen LogP contribution in [0.25, 0.3) is 0 Å². The number of nitrogens with two attached hydrogens (primary N) is 1. The highest BCUT2D eigenvalue weighted by Crippen LogP contribution is 2.16. The van der Waals surface area contributed by atoms with E-state index in [0.717, 1.165) is 11.3 Å². The fraction of sp³-hybridized carbons (Fsp3) is 0.500. The number of rotatable bonds is 3. The van der Waals surface area contributed by atoms with E-state index in [1.807, 2.05) is 26.0 Å². The molecule has 13 heavy (non-hydrogen) atoms. The van der Waals surface area contributed by atoms with Gasteiger partial charge in [-0.25, -0.2) is 0 Å². The Morgan fingerprint density at radius 1 is 1.54 bits per heavy atom. The second-order valence-corrected chi connectivity index (χ2v) is 3.46. The summed E-state index contributed by atoms with van der Waals surface area (Å²) in [5, 5.41) is 9.66. The van der Waals surface area contributed by atoms with Gasteiger partial charge in [-0.1, -0.05) is 6.07 Å². The van der Waals surface area contributed by atoms with Crippen LogP contribution in [0.5, 0.6) is 0 Å². The molecule has 3 heteroatoms. The summed E-state index contributed by atoms with van der Waals surface area (Å²) in [4.78, 5) is 4.11. The Morgan fingerprint density at radius 3 is 2.69 bits per heavy atom. The quantitative estimate of drug-likeness (QED) is 0.733. The van der Waals surface area contributed by atoms with Gasteiger partial charge in [-0.15, -0.1) is 0 Å². The predicted molar refractivity (Wildman–Crippen MR) is 52.2 cm³/mol. The molecule has 0 aromatic carbocycles. The van der Waals surface area contributed by atoms with Crippen LogP contribution in [0.1, 0.15) is 30.7 Å². The van der Waals surface area contributed by atoms with Gasteiger partial charge in [-0.2, -0.15) is 0 Å². The van der Waals surface area contributed by atoms with Crippen molar-refractivity contribution in [3.63, 3.8) is 0 Å².